The van der Waals surface area contributed by atoms with Crippen molar-refractivity contribution in [3.63, 3.8) is 0 Å². The number of benzene rings is 3. The molecule has 0 radical (unpaired) electrons. The number of hydrogen-bond acceptors (Lipinski definition) is 7. The third kappa shape index (κ3) is 11.3. The standard InChI is InChI=1S/C20H20OP.2C9H15NO.C7H11NO.ClH/c1-21-17-22(18-11-5-2-6-12-18,19-13-7-3-8-14-19)20-15-9-4-10-16-20;1-11-6-7-4-8-2-3-9(5-7)10-8;11-4-3-7-5-8-1-2-9(6-7)10-8;9-7-3-5-1-2-6(4-7)8-5;/h2-16H,17H2,1H3;6,8-10H,2-5H2,1H3;4,7-10H,1-3,5-6H2;5-6,8H,1-4H2;1H/q+1;;;;/p-1. The smallest absolute Gasteiger partial charge is 0.170 e. The maximum atomic E-state index is 10.9. The summed E-state index contributed by atoms with van der Waals surface area (Å²) in [6.45, 7) is 0. The van der Waals surface area contributed by atoms with E-state index >= 15 is 0 Å². The molecule has 3 N–H and O–H groups in total. The lowest BCUT2D eigenvalue weighted by Crippen LogP contribution is -3.00. The first-order valence-corrected chi connectivity index (χ1v) is 21.9. The zero-order valence-electron chi connectivity index (χ0n) is 32.2. The van der Waals surface area contributed by atoms with Crippen molar-refractivity contribution in [3.05, 3.63) is 103 Å². The van der Waals surface area contributed by atoms with E-state index < -0.39 is 7.26 Å². The molecule has 6 fully saturated rings. The van der Waals surface area contributed by atoms with E-state index in [0.29, 0.717) is 30.1 Å². The largest absolute Gasteiger partial charge is 1.00 e. The first kappa shape index (κ1) is 42.2. The highest BCUT2D eigenvalue weighted by molar-refractivity contribution is 7.95. The van der Waals surface area contributed by atoms with Crippen LogP contribution in [0.15, 0.2) is 103 Å². The van der Waals surface area contributed by atoms with Crippen LogP contribution in [0.25, 0.3) is 0 Å². The van der Waals surface area contributed by atoms with Crippen LogP contribution in [0.2, 0.25) is 0 Å². The van der Waals surface area contributed by atoms with Crippen molar-refractivity contribution in [1.29, 1.82) is 0 Å². The van der Waals surface area contributed by atoms with E-state index in [0.717, 1.165) is 49.7 Å². The summed E-state index contributed by atoms with van der Waals surface area (Å²) in [6.07, 6.45) is 18.7. The lowest BCUT2D eigenvalue weighted by Gasteiger charge is -2.27. The maximum absolute atomic E-state index is 10.9. The molecule has 6 bridgehead atoms. The number of hydrogen-bond donors (Lipinski definition) is 3. The predicted molar refractivity (Wildman–Crippen MR) is 219 cm³/mol. The molecule has 0 aliphatic carbocycles. The molecule has 0 spiro atoms. The molecule has 54 heavy (non-hydrogen) atoms. The summed E-state index contributed by atoms with van der Waals surface area (Å²) in [5.74, 6) is 1.15. The van der Waals surface area contributed by atoms with Gasteiger partial charge in [-0.1, -0.05) is 54.6 Å². The molecule has 3 aromatic rings. The Morgan fingerprint density at radius 3 is 1.39 bits per heavy atom. The Morgan fingerprint density at radius 2 is 1.00 bits per heavy atom. The Kier molecular flexibility index (Phi) is 16.8. The van der Waals surface area contributed by atoms with E-state index in [1.165, 1.54) is 85.7 Å². The van der Waals surface area contributed by atoms with Crippen LogP contribution in [-0.2, 0) is 19.1 Å². The number of Topliss-reactive ketones (excluding diaryl/α,β-unsaturated/α-hetero) is 1. The second-order valence-corrected chi connectivity index (χ2v) is 19.2. The number of ketones is 1. The van der Waals surface area contributed by atoms with Crippen molar-refractivity contribution >= 4 is 35.2 Å². The molecule has 7 nitrogen and oxygen atoms in total. The summed E-state index contributed by atoms with van der Waals surface area (Å²) in [5.41, 5.74) is 1.48. The van der Waals surface area contributed by atoms with Crippen molar-refractivity contribution in [2.45, 2.75) is 120 Å². The van der Waals surface area contributed by atoms with Gasteiger partial charge in [0.05, 0.1) is 13.4 Å². The average Bonchev–Trinajstić information content (AvgIpc) is 3.85. The summed E-state index contributed by atoms with van der Waals surface area (Å²) < 4.78 is 10.7. The fourth-order valence-corrected chi connectivity index (χ4v) is 13.2. The van der Waals surface area contributed by atoms with Crippen LogP contribution in [0.4, 0.5) is 0 Å². The third-order valence-corrected chi connectivity index (χ3v) is 16.0. The van der Waals surface area contributed by atoms with E-state index in [-0.39, 0.29) is 12.4 Å². The molecular formula is C45H61ClN3O4P. The summed E-state index contributed by atoms with van der Waals surface area (Å²) >= 11 is 0. The molecule has 0 aromatic heterocycles. The number of carbonyl (C=O) groups is 2. The monoisotopic (exact) mass is 773 g/mol. The van der Waals surface area contributed by atoms with Gasteiger partial charge < -0.3 is 42.6 Å². The SMILES string of the molecule is COC=C1CC2CCC(C1)N2.COC[P+](c1ccccc1)(c1ccccc1)c1ccccc1.O=C1CC2CCC(C1)N2.O=CCC1CC2CCC(C1)N2.[Cl-]. The number of halogens is 1. The minimum atomic E-state index is -1.78. The molecule has 9 heteroatoms. The number of aldehydes is 1. The van der Waals surface area contributed by atoms with Crippen molar-refractivity contribution in [1.82, 2.24) is 16.0 Å². The van der Waals surface area contributed by atoms with Crippen LogP contribution < -0.4 is 44.3 Å². The molecule has 3 aromatic carbocycles. The van der Waals surface area contributed by atoms with Crippen molar-refractivity contribution in [3.8, 4) is 0 Å². The second kappa shape index (κ2) is 21.4. The zero-order valence-corrected chi connectivity index (χ0v) is 33.9. The first-order valence-electron chi connectivity index (χ1n) is 20.0. The lowest BCUT2D eigenvalue weighted by atomic mass is 9.90. The van der Waals surface area contributed by atoms with Crippen molar-refractivity contribution in [2.75, 3.05) is 20.6 Å². The van der Waals surface area contributed by atoms with Gasteiger partial charge in [-0.25, -0.2) is 0 Å². The van der Waals surface area contributed by atoms with Crippen molar-refractivity contribution in [2.24, 2.45) is 5.92 Å². The Bertz CT molecular complexity index is 1460. The van der Waals surface area contributed by atoms with Gasteiger partial charge in [-0.15, -0.1) is 0 Å². The fraction of sp³-hybridized carbons (Fsp3) is 0.511. The number of carbonyl (C=O) groups excluding carboxylic acids is 2. The molecule has 6 aliphatic heterocycles. The Balaban J connectivity index is 0.000000148. The molecule has 6 heterocycles. The van der Waals surface area contributed by atoms with Crippen LogP contribution >= 0.6 is 7.26 Å². The number of nitrogens with one attached hydrogen (secondary N) is 3. The Labute approximate surface area is 330 Å². The van der Waals surface area contributed by atoms with Gasteiger partial charge in [-0.2, -0.15) is 0 Å². The summed E-state index contributed by atoms with van der Waals surface area (Å²) in [5, 5.41) is 14.6. The minimum absolute atomic E-state index is 0. The fourth-order valence-electron chi connectivity index (χ4n) is 9.48. The summed E-state index contributed by atoms with van der Waals surface area (Å²) in [6, 6.07) is 36.3. The van der Waals surface area contributed by atoms with Crippen molar-refractivity contribution < 1.29 is 31.5 Å². The number of ether oxygens (including phenoxy) is 2. The van der Waals surface area contributed by atoms with Gasteiger partial charge in [-0.05, 0) is 112 Å². The minimum Gasteiger partial charge on any atom is -1.00 e. The molecule has 6 aliphatic rings. The van der Waals surface area contributed by atoms with E-state index in [1.54, 1.807) is 14.2 Å². The van der Waals surface area contributed by atoms with Gasteiger partial charge >= 0.3 is 0 Å². The van der Waals surface area contributed by atoms with E-state index in [9.17, 15) is 9.59 Å². The number of piperidine rings is 3. The molecule has 9 rings (SSSR count). The van der Waals surface area contributed by atoms with Gasteiger partial charge in [0.2, 0.25) is 0 Å². The van der Waals surface area contributed by atoms with Gasteiger partial charge in [0.25, 0.3) is 0 Å². The van der Waals surface area contributed by atoms with Gasteiger partial charge in [-0.3, -0.25) is 4.79 Å². The van der Waals surface area contributed by atoms with Gasteiger partial charge in [0.1, 0.15) is 35.2 Å². The number of fused-ring (bicyclic) bond motifs is 6. The highest BCUT2D eigenvalue weighted by Crippen LogP contribution is 2.55. The molecule has 6 saturated heterocycles. The topological polar surface area (TPSA) is 88.7 Å². The molecule has 6 unspecified atom stereocenters. The first-order chi connectivity index (χ1) is 26.0. The van der Waals surface area contributed by atoms with Crippen LogP contribution in [0, 0.1) is 5.92 Å². The van der Waals surface area contributed by atoms with Crippen LogP contribution in [0.5, 0.6) is 0 Å². The lowest BCUT2D eigenvalue weighted by molar-refractivity contribution is -0.120. The third-order valence-electron chi connectivity index (χ3n) is 11.8. The highest BCUT2D eigenvalue weighted by Gasteiger charge is 2.45. The van der Waals surface area contributed by atoms with Gasteiger partial charge in [0.15, 0.2) is 6.35 Å². The Morgan fingerprint density at radius 1 is 0.611 bits per heavy atom. The van der Waals surface area contributed by atoms with E-state index in [2.05, 4.69) is 107 Å². The predicted octanol–water partition coefficient (Wildman–Crippen LogP) is 3.60. The molecule has 292 valence electrons. The summed E-state index contributed by atoms with van der Waals surface area (Å²) in [7, 11) is 1.75. The second-order valence-electron chi connectivity index (χ2n) is 15.8. The zero-order chi connectivity index (χ0) is 36.9. The highest BCUT2D eigenvalue weighted by atomic mass is 35.5. The van der Waals surface area contributed by atoms with Crippen LogP contribution in [0.3, 0.4) is 0 Å². The van der Waals surface area contributed by atoms with E-state index in [1.807, 2.05) is 6.26 Å². The van der Waals surface area contributed by atoms with Gasteiger partial charge in [0, 0.05) is 62.6 Å². The van der Waals surface area contributed by atoms with Crippen LogP contribution in [0.1, 0.15) is 83.5 Å². The Hall–Kier alpha value is -2.90. The molecule has 0 amide bonds. The molecule has 0 saturated carbocycles. The number of methoxy groups -OCH3 is 2. The molecule has 6 atom stereocenters. The normalized spacial score (nSPS) is 27.4. The molecular weight excluding hydrogens is 713 g/mol. The maximum Gasteiger partial charge on any atom is 0.170 e. The quantitative estimate of drug-likeness (QED) is 0.183. The number of rotatable bonds is 8. The van der Waals surface area contributed by atoms with E-state index in [4.69, 9.17) is 9.47 Å². The van der Waals surface area contributed by atoms with Crippen LogP contribution in [-0.4, -0.2) is 68.9 Å². The summed E-state index contributed by atoms with van der Waals surface area (Å²) in [4.78, 5) is 21.2. The average molecular weight is 774 g/mol.